The summed E-state index contributed by atoms with van der Waals surface area (Å²) in [5.74, 6) is 1.81. The second-order valence-electron chi connectivity index (χ2n) is 10.6. The van der Waals surface area contributed by atoms with Crippen LogP contribution in [0.2, 0.25) is 0 Å². The molecule has 0 aliphatic heterocycles. The van der Waals surface area contributed by atoms with E-state index >= 15 is 0 Å². The van der Waals surface area contributed by atoms with Crippen LogP contribution < -0.4 is 0 Å². The Labute approximate surface area is 164 Å². The molecule has 0 spiro atoms. The standard InChI is InChI=1S/C25H45P/c1-20-18-19-25(20)21(2)26(22-12-6-3-7-13-22,23-14-8-4-9-15-23)24-16-10-5-11-17-24/h18-26H,3-17H2,1-2H3/t20?,21-,25?/m0/s1. The van der Waals surface area contributed by atoms with E-state index in [1.165, 1.54) is 36.2 Å². The van der Waals surface area contributed by atoms with Gasteiger partial charge in [-0.1, -0.05) is 0 Å². The van der Waals surface area contributed by atoms with Crippen molar-refractivity contribution in [2.24, 2.45) is 11.8 Å². The molecule has 2 unspecified atom stereocenters. The van der Waals surface area contributed by atoms with Crippen molar-refractivity contribution in [3.05, 3.63) is 12.2 Å². The molecule has 0 saturated heterocycles. The molecule has 0 aromatic rings. The van der Waals surface area contributed by atoms with E-state index in [9.17, 15) is 0 Å². The number of allylic oxidation sites excluding steroid dienone is 2. The normalized spacial score (nSPS) is 34.4. The minimum atomic E-state index is -1.32. The Kier molecular flexibility index (Phi) is 6.50. The van der Waals surface area contributed by atoms with Gasteiger partial charge in [0.2, 0.25) is 0 Å². The zero-order valence-electron chi connectivity index (χ0n) is 17.7. The fourth-order valence-electron chi connectivity index (χ4n) is 8.34. The first kappa shape index (κ1) is 19.5. The summed E-state index contributed by atoms with van der Waals surface area (Å²) in [6.45, 7) is 5.30. The molecule has 150 valence electrons. The first-order chi connectivity index (χ1) is 12.7. The Morgan fingerprint density at radius 3 is 1.27 bits per heavy atom. The van der Waals surface area contributed by atoms with Crippen LogP contribution in [-0.4, -0.2) is 22.6 Å². The molecular weight excluding hydrogens is 331 g/mol. The third-order valence-corrected chi connectivity index (χ3v) is 17.5. The molecule has 0 aromatic heterocycles. The fourth-order valence-corrected chi connectivity index (χ4v) is 17.9. The van der Waals surface area contributed by atoms with Gasteiger partial charge in [0.25, 0.3) is 0 Å². The minimum absolute atomic E-state index is 0.868. The monoisotopic (exact) mass is 376 g/mol. The molecule has 4 rings (SSSR count). The summed E-state index contributed by atoms with van der Waals surface area (Å²) >= 11 is 0. The van der Waals surface area contributed by atoms with E-state index in [1.807, 2.05) is 0 Å². The van der Waals surface area contributed by atoms with Gasteiger partial charge < -0.3 is 0 Å². The average molecular weight is 377 g/mol. The van der Waals surface area contributed by atoms with Crippen molar-refractivity contribution in [1.29, 1.82) is 0 Å². The molecule has 3 saturated carbocycles. The van der Waals surface area contributed by atoms with E-state index < -0.39 is 7.26 Å². The van der Waals surface area contributed by atoms with Gasteiger partial charge in [0.05, 0.1) is 0 Å². The Hall–Kier alpha value is 0.170. The molecule has 3 fully saturated rings. The molecule has 0 nitrogen and oxygen atoms in total. The second-order valence-corrected chi connectivity index (χ2v) is 16.0. The van der Waals surface area contributed by atoms with Gasteiger partial charge in [0.15, 0.2) is 0 Å². The van der Waals surface area contributed by atoms with Crippen LogP contribution in [0.15, 0.2) is 12.2 Å². The molecule has 0 N–H and O–H groups in total. The van der Waals surface area contributed by atoms with Crippen LogP contribution in [0.3, 0.4) is 0 Å². The first-order valence-electron chi connectivity index (χ1n) is 12.4. The van der Waals surface area contributed by atoms with Crippen molar-refractivity contribution in [2.75, 3.05) is 0 Å². The van der Waals surface area contributed by atoms with Crippen molar-refractivity contribution in [3.63, 3.8) is 0 Å². The maximum absolute atomic E-state index is 2.79. The van der Waals surface area contributed by atoms with Gasteiger partial charge in [-0.3, -0.25) is 0 Å². The first-order valence-corrected chi connectivity index (χ1v) is 14.7. The summed E-state index contributed by atoms with van der Waals surface area (Å²) in [6.07, 6.45) is 28.8. The number of hydrogen-bond donors (Lipinski definition) is 0. The molecule has 4 aliphatic carbocycles. The molecule has 3 atom stereocenters. The summed E-state index contributed by atoms with van der Waals surface area (Å²) in [5, 5.41) is 0. The molecule has 4 aliphatic rings. The maximum atomic E-state index is 2.79. The number of hydrogen-bond acceptors (Lipinski definition) is 0. The van der Waals surface area contributed by atoms with Crippen LogP contribution in [0.25, 0.3) is 0 Å². The summed E-state index contributed by atoms with van der Waals surface area (Å²) in [6, 6.07) is 0. The van der Waals surface area contributed by atoms with E-state index in [4.69, 9.17) is 0 Å². The van der Waals surface area contributed by atoms with Crippen LogP contribution in [0, 0.1) is 11.8 Å². The van der Waals surface area contributed by atoms with E-state index in [0.717, 1.165) is 17.5 Å². The van der Waals surface area contributed by atoms with Crippen molar-refractivity contribution in [2.45, 2.75) is 133 Å². The van der Waals surface area contributed by atoms with Crippen molar-refractivity contribution in [1.82, 2.24) is 0 Å². The van der Waals surface area contributed by atoms with Gasteiger partial charge in [-0.2, -0.15) is 0 Å². The number of rotatable bonds is 5. The van der Waals surface area contributed by atoms with Gasteiger partial charge in [-0.05, 0) is 0 Å². The molecule has 26 heavy (non-hydrogen) atoms. The Morgan fingerprint density at radius 2 is 1.00 bits per heavy atom. The Morgan fingerprint density at radius 1 is 0.615 bits per heavy atom. The van der Waals surface area contributed by atoms with Gasteiger partial charge in [0, 0.05) is 0 Å². The SMILES string of the molecule is CC1C=CC1[C@H](C)[PH](C1CCCCC1)(C1CCCCC1)C1CCCCC1. The van der Waals surface area contributed by atoms with Crippen LogP contribution in [0.1, 0.15) is 110 Å². The van der Waals surface area contributed by atoms with Crippen LogP contribution >= 0.6 is 7.26 Å². The van der Waals surface area contributed by atoms with Crippen LogP contribution in [0.5, 0.6) is 0 Å². The summed E-state index contributed by atoms with van der Waals surface area (Å²) in [5.41, 5.74) is 4.59. The van der Waals surface area contributed by atoms with Gasteiger partial charge in [-0.25, -0.2) is 0 Å². The van der Waals surface area contributed by atoms with Crippen molar-refractivity contribution >= 4 is 7.26 Å². The Balaban J connectivity index is 1.73. The summed E-state index contributed by atoms with van der Waals surface area (Å²) < 4.78 is 0. The van der Waals surface area contributed by atoms with Gasteiger partial charge in [0.1, 0.15) is 0 Å². The van der Waals surface area contributed by atoms with Crippen LogP contribution in [-0.2, 0) is 0 Å². The van der Waals surface area contributed by atoms with Crippen LogP contribution in [0.4, 0.5) is 0 Å². The molecule has 1 heteroatoms. The van der Waals surface area contributed by atoms with Crippen molar-refractivity contribution < 1.29 is 0 Å². The Bertz CT molecular complexity index is 417. The van der Waals surface area contributed by atoms with Crippen molar-refractivity contribution in [3.8, 4) is 0 Å². The third-order valence-electron chi connectivity index (χ3n) is 9.55. The fraction of sp³-hybridized carbons (Fsp3) is 0.920. The molecular formula is C25H45P. The second kappa shape index (κ2) is 8.68. The molecule has 0 bridgehead atoms. The molecule has 0 aromatic carbocycles. The van der Waals surface area contributed by atoms with E-state index in [0.29, 0.717) is 0 Å². The molecule has 0 amide bonds. The van der Waals surface area contributed by atoms with Gasteiger partial charge >= 0.3 is 164 Å². The van der Waals surface area contributed by atoms with E-state index in [-0.39, 0.29) is 0 Å². The predicted octanol–water partition coefficient (Wildman–Crippen LogP) is 7.95. The summed E-state index contributed by atoms with van der Waals surface area (Å²) in [7, 11) is -1.32. The molecule has 0 radical (unpaired) electrons. The third kappa shape index (κ3) is 3.47. The topological polar surface area (TPSA) is 0 Å². The average Bonchev–Trinajstić information content (AvgIpc) is 2.70. The zero-order valence-corrected chi connectivity index (χ0v) is 18.7. The van der Waals surface area contributed by atoms with E-state index in [1.54, 1.807) is 77.0 Å². The summed E-state index contributed by atoms with van der Waals surface area (Å²) in [4.78, 5) is 0. The zero-order chi connectivity index (χ0) is 18.0. The predicted molar refractivity (Wildman–Crippen MR) is 120 cm³/mol. The van der Waals surface area contributed by atoms with E-state index in [2.05, 4.69) is 26.0 Å². The van der Waals surface area contributed by atoms with Gasteiger partial charge in [-0.15, -0.1) is 0 Å². The molecule has 0 heterocycles. The quantitative estimate of drug-likeness (QED) is 0.337.